The van der Waals surface area contributed by atoms with Crippen molar-refractivity contribution in [3.05, 3.63) is 53.3 Å². The van der Waals surface area contributed by atoms with Crippen molar-refractivity contribution < 1.29 is 14.3 Å². The fourth-order valence-corrected chi connectivity index (χ4v) is 2.31. The second kappa shape index (κ2) is 7.77. The lowest BCUT2D eigenvalue weighted by Gasteiger charge is -2.21. The molecule has 1 aromatic heterocycles. The quantitative estimate of drug-likeness (QED) is 0.764. The number of esters is 1. The number of methoxy groups -OCH3 is 1. The van der Waals surface area contributed by atoms with Crippen molar-refractivity contribution in [1.82, 2.24) is 14.7 Å². The van der Waals surface area contributed by atoms with Crippen molar-refractivity contribution in [1.29, 1.82) is 0 Å². The van der Waals surface area contributed by atoms with Crippen molar-refractivity contribution in [3.8, 4) is 0 Å². The van der Waals surface area contributed by atoms with Crippen LogP contribution in [0.25, 0.3) is 0 Å². The van der Waals surface area contributed by atoms with Crippen molar-refractivity contribution in [3.63, 3.8) is 0 Å². The van der Waals surface area contributed by atoms with E-state index in [4.69, 9.17) is 4.74 Å². The second-order valence-corrected chi connectivity index (χ2v) is 5.94. The zero-order valence-corrected chi connectivity index (χ0v) is 14.5. The number of hydrogen-bond donors (Lipinski definition) is 0. The number of aryl methyl sites for hydroxylation is 1. The van der Waals surface area contributed by atoms with Gasteiger partial charge in [0.1, 0.15) is 12.2 Å². The molecule has 0 fully saturated rings. The van der Waals surface area contributed by atoms with Crippen LogP contribution in [0.3, 0.4) is 0 Å². The van der Waals surface area contributed by atoms with Crippen LogP contribution < -0.4 is 0 Å². The molecule has 6 heteroatoms. The van der Waals surface area contributed by atoms with Gasteiger partial charge in [-0.2, -0.15) is 5.10 Å². The van der Waals surface area contributed by atoms with E-state index in [0.717, 1.165) is 11.1 Å². The highest BCUT2D eigenvalue weighted by atomic mass is 16.5. The van der Waals surface area contributed by atoms with E-state index in [1.807, 2.05) is 45.0 Å². The van der Waals surface area contributed by atoms with Gasteiger partial charge in [0.25, 0.3) is 5.91 Å². The summed E-state index contributed by atoms with van der Waals surface area (Å²) in [4.78, 5) is 26.0. The molecule has 0 radical (unpaired) electrons. The van der Waals surface area contributed by atoms with E-state index in [2.05, 4.69) is 5.10 Å². The molecule has 0 aliphatic heterocycles. The second-order valence-electron chi connectivity index (χ2n) is 5.94. The summed E-state index contributed by atoms with van der Waals surface area (Å²) in [6.07, 6.45) is 1.77. The molecule has 0 aliphatic rings. The van der Waals surface area contributed by atoms with Gasteiger partial charge in [-0.05, 0) is 38.0 Å². The van der Waals surface area contributed by atoms with Crippen LogP contribution in [0.4, 0.5) is 0 Å². The Morgan fingerprint density at radius 3 is 2.54 bits per heavy atom. The molecule has 128 valence electrons. The van der Waals surface area contributed by atoms with Crippen LogP contribution in [0, 0.1) is 6.92 Å². The molecule has 0 N–H and O–H groups in total. The van der Waals surface area contributed by atoms with Crippen molar-refractivity contribution in [2.75, 3.05) is 13.7 Å². The molecule has 0 aliphatic carbocycles. The largest absolute Gasteiger partial charge is 0.468 e. The third kappa shape index (κ3) is 4.22. The SMILES string of the molecule is COC(=O)CN(Cc1ccccc1C)C(=O)c1ccn(C(C)C)n1. The Balaban J connectivity index is 2.25. The van der Waals surface area contributed by atoms with Crippen LogP contribution in [-0.2, 0) is 16.1 Å². The van der Waals surface area contributed by atoms with Gasteiger partial charge >= 0.3 is 5.97 Å². The van der Waals surface area contributed by atoms with Gasteiger partial charge in [0, 0.05) is 18.8 Å². The van der Waals surface area contributed by atoms with Crippen LogP contribution in [0.5, 0.6) is 0 Å². The van der Waals surface area contributed by atoms with Gasteiger partial charge < -0.3 is 9.64 Å². The predicted octanol–water partition coefficient (Wildman–Crippen LogP) is 2.59. The first kappa shape index (κ1) is 17.7. The lowest BCUT2D eigenvalue weighted by Crippen LogP contribution is -2.36. The Kier molecular flexibility index (Phi) is 5.73. The Bertz CT molecular complexity index is 722. The number of amides is 1. The molecule has 1 heterocycles. The summed E-state index contributed by atoms with van der Waals surface area (Å²) in [5.74, 6) is -0.747. The molecule has 1 aromatic carbocycles. The molecule has 0 atom stereocenters. The zero-order chi connectivity index (χ0) is 17.7. The molecule has 0 saturated carbocycles. The van der Waals surface area contributed by atoms with Crippen molar-refractivity contribution >= 4 is 11.9 Å². The molecule has 2 rings (SSSR count). The summed E-state index contributed by atoms with van der Waals surface area (Å²) in [7, 11) is 1.31. The number of nitrogens with zero attached hydrogens (tertiary/aromatic N) is 3. The first-order valence-electron chi connectivity index (χ1n) is 7.88. The first-order chi connectivity index (χ1) is 11.4. The molecule has 0 spiro atoms. The van der Waals surface area contributed by atoms with Gasteiger partial charge in [-0.1, -0.05) is 24.3 Å². The maximum absolute atomic E-state index is 12.8. The number of carbonyl (C=O) groups excluding carboxylic acids is 2. The Morgan fingerprint density at radius 1 is 1.25 bits per heavy atom. The molecule has 24 heavy (non-hydrogen) atoms. The van der Waals surface area contributed by atoms with Crippen LogP contribution >= 0.6 is 0 Å². The van der Waals surface area contributed by atoms with Gasteiger partial charge in [-0.15, -0.1) is 0 Å². The third-order valence-corrected chi connectivity index (χ3v) is 3.81. The normalized spacial score (nSPS) is 10.7. The minimum atomic E-state index is -0.458. The molecular formula is C18H23N3O3. The number of carbonyl (C=O) groups is 2. The van der Waals surface area contributed by atoms with E-state index in [-0.39, 0.29) is 18.5 Å². The average Bonchev–Trinajstić information content (AvgIpc) is 3.05. The average molecular weight is 329 g/mol. The summed E-state index contributed by atoms with van der Waals surface area (Å²) in [5.41, 5.74) is 2.37. The topological polar surface area (TPSA) is 64.4 Å². The maximum Gasteiger partial charge on any atom is 0.325 e. The van der Waals surface area contributed by atoms with Crippen LogP contribution in [0.1, 0.15) is 41.5 Å². The molecular weight excluding hydrogens is 306 g/mol. The minimum absolute atomic E-state index is 0.113. The van der Waals surface area contributed by atoms with Crippen molar-refractivity contribution in [2.45, 2.75) is 33.4 Å². The molecule has 0 saturated heterocycles. The number of rotatable bonds is 6. The molecule has 6 nitrogen and oxygen atoms in total. The van der Waals surface area contributed by atoms with Crippen LogP contribution in [0.2, 0.25) is 0 Å². The molecule has 0 unspecified atom stereocenters. The van der Waals surface area contributed by atoms with E-state index in [1.54, 1.807) is 16.9 Å². The van der Waals surface area contributed by atoms with Gasteiger partial charge in [-0.3, -0.25) is 14.3 Å². The number of aromatic nitrogens is 2. The smallest absolute Gasteiger partial charge is 0.325 e. The molecule has 2 aromatic rings. The Labute approximate surface area is 142 Å². The summed E-state index contributed by atoms with van der Waals surface area (Å²) in [6, 6.07) is 9.61. The zero-order valence-electron chi connectivity index (χ0n) is 14.5. The van der Waals surface area contributed by atoms with E-state index in [9.17, 15) is 9.59 Å². The standard InChI is InChI=1S/C18H23N3O3/c1-13(2)21-10-9-16(19-21)18(23)20(12-17(22)24-4)11-15-8-6-5-7-14(15)3/h5-10,13H,11-12H2,1-4H3. The molecule has 1 amide bonds. The van der Waals surface area contributed by atoms with Crippen LogP contribution in [0.15, 0.2) is 36.5 Å². The van der Waals surface area contributed by atoms with Gasteiger partial charge in [0.2, 0.25) is 0 Å². The monoisotopic (exact) mass is 329 g/mol. The lowest BCUT2D eigenvalue weighted by atomic mass is 10.1. The summed E-state index contributed by atoms with van der Waals surface area (Å²) in [5, 5.41) is 4.30. The van der Waals surface area contributed by atoms with Gasteiger partial charge in [-0.25, -0.2) is 0 Å². The van der Waals surface area contributed by atoms with Crippen molar-refractivity contribution in [2.24, 2.45) is 0 Å². The Morgan fingerprint density at radius 2 is 1.96 bits per heavy atom. The van der Waals surface area contributed by atoms with E-state index in [1.165, 1.54) is 12.0 Å². The molecule has 0 bridgehead atoms. The lowest BCUT2D eigenvalue weighted by molar-refractivity contribution is -0.141. The minimum Gasteiger partial charge on any atom is -0.468 e. The highest BCUT2D eigenvalue weighted by Gasteiger charge is 2.22. The van der Waals surface area contributed by atoms with Crippen LogP contribution in [-0.4, -0.2) is 40.2 Å². The fraction of sp³-hybridized carbons (Fsp3) is 0.389. The summed E-state index contributed by atoms with van der Waals surface area (Å²) in [6.45, 7) is 6.17. The third-order valence-electron chi connectivity index (χ3n) is 3.81. The van der Waals surface area contributed by atoms with E-state index in [0.29, 0.717) is 12.2 Å². The maximum atomic E-state index is 12.8. The highest BCUT2D eigenvalue weighted by molar-refractivity contribution is 5.94. The van der Waals surface area contributed by atoms with E-state index >= 15 is 0 Å². The van der Waals surface area contributed by atoms with Gasteiger partial charge in [0.05, 0.1) is 7.11 Å². The van der Waals surface area contributed by atoms with Gasteiger partial charge in [0.15, 0.2) is 0 Å². The number of ether oxygens (including phenoxy) is 1. The van der Waals surface area contributed by atoms with E-state index < -0.39 is 5.97 Å². The highest BCUT2D eigenvalue weighted by Crippen LogP contribution is 2.14. The summed E-state index contributed by atoms with van der Waals surface area (Å²) >= 11 is 0. The summed E-state index contributed by atoms with van der Waals surface area (Å²) < 4.78 is 6.44. The predicted molar refractivity (Wildman–Crippen MR) is 90.5 cm³/mol. The Hall–Kier alpha value is -2.63. The fourth-order valence-electron chi connectivity index (χ4n) is 2.31. The number of benzene rings is 1. The first-order valence-corrected chi connectivity index (χ1v) is 7.88. The number of hydrogen-bond acceptors (Lipinski definition) is 4.